The smallest absolute Gasteiger partial charge is 0.240 e. The number of benzene rings is 2. The molecule has 0 aliphatic rings. The molecule has 28 heavy (non-hydrogen) atoms. The highest BCUT2D eigenvalue weighted by atomic mass is 32.2. The fourth-order valence-corrected chi connectivity index (χ4v) is 3.78. The highest BCUT2D eigenvalue weighted by Gasteiger charge is 2.24. The number of sulfonamides is 1. The minimum absolute atomic E-state index is 0.0754. The first kappa shape index (κ1) is 21.8. The summed E-state index contributed by atoms with van der Waals surface area (Å²) < 4.78 is 31.0. The zero-order valence-electron chi connectivity index (χ0n) is 16.8. The summed E-state index contributed by atoms with van der Waals surface area (Å²) in [6, 6.07) is 15.2. The van der Waals surface area contributed by atoms with E-state index in [2.05, 4.69) is 5.32 Å². The Kier molecular flexibility index (Phi) is 7.45. The number of carbonyl (C=O) groups excluding carboxylic acids is 1. The van der Waals surface area contributed by atoms with Gasteiger partial charge in [-0.25, -0.2) is 8.42 Å². The first-order chi connectivity index (χ1) is 13.2. The van der Waals surface area contributed by atoms with E-state index in [1.54, 1.807) is 12.1 Å². The van der Waals surface area contributed by atoms with Crippen LogP contribution in [0.25, 0.3) is 0 Å². The zero-order valence-corrected chi connectivity index (χ0v) is 17.6. The van der Waals surface area contributed by atoms with Crippen molar-refractivity contribution in [3.8, 4) is 5.75 Å². The lowest BCUT2D eigenvalue weighted by Crippen LogP contribution is -2.43. The molecule has 7 heteroatoms. The van der Waals surface area contributed by atoms with Crippen molar-refractivity contribution in [2.75, 3.05) is 24.2 Å². The number of nitrogens with one attached hydrogen (secondary N) is 1. The second-order valence-corrected chi connectivity index (χ2v) is 8.84. The topological polar surface area (TPSA) is 75.7 Å². The Morgan fingerprint density at radius 3 is 2.46 bits per heavy atom. The van der Waals surface area contributed by atoms with Gasteiger partial charge in [0.1, 0.15) is 12.3 Å². The molecule has 0 spiro atoms. The Morgan fingerprint density at radius 2 is 1.86 bits per heavy atom. The van der Waals surface area contributed by atoms with Crippen LogP contribution in [0.2, 0.25) is 0 Å². The van der Waals surface area contributed by atoms with Gasteiger partial charge < -0.3 is 10.1 Å². The van der Waals surface area contributed by atoms with E-state index in [0.717, 1.165) is 29.0 Å². The Balaban J connectivity index is 2.06. The lowest BCUT2D eigenvalue weighted by Gasteiger charge is -2.25. The standard InChI is InChI=1S/C21H28N2O4S/c1-16-10-13-20(27-3)19(14-16)23(28(4,25)26)15-21(24)22-17(2)11-12-18-8-6-5-7-9-18/h5-10,13-14,17H,11-12,15H2,1-4H3,(H,22,24). The maximum Gasteiger partial charge on any atom is 0.240 e. The van der Waals surface area contributed by atoms with Crippen molar-refractivity contribution in [2.24, 2.45) is 0 Å². The van der Waals surface area contributed by atoms with Gasteiger partial charge in [-0.3, -0.25) is 9.10 Å². The van der Waals surface area contributed by atoms with Gasteiger partial charge >= 0.3 is 0 Å². The number of hydrogen-bond donors (Lipinski definition) is 1. The molecular formula is C21H28N2O4S. The lowest BCUT2D eigenvalue weighted by atomic mass is 10.1. The van der Waals surface area contributed by atoms with E-state index in [4.69, 9.17) is 4.74 Å². The number of nitrogens with zero attached hydrogens (tertiary/aromatic N) is 1. The van der Waals surface area contributed by atoms with Crippen LogP contribution in [0.4, 0.5) is 5.69 Å². The largest absolute Gasteiger partial charge is 0.495 e. The van der Waals surface area contributed by atoms with Gasteiger partial charge in [-0.05, 0) is 49.9 Å². The van der Waals surface area contributed by atoms with Crippen LogP contribution in [0, 0.1) is 6.92 Å². The Hall–Kier alpha value is -2.54. The normalized spacial score (nSPS) is 12.3. The van der Waals surface area contributed by atoms with Gasteiger partial charge in [0.2, 0.25) is 15.9 Å². The Bertz CT molecular complexity index is 898. The minimum Gasteiger partial charge on any atom is -0.495 e. The van der Waals surface area contributed by atoms with Gasteiger partial charge in [0.05, 0.1) is 19.1 Å². The highest BCUT2D eigenvalue weighted by molar-refractivity contribution is 7.92. The summed E-state index contributed by atoms with van der Waals surface area (Å²) in [7, 11) is -2.19. The molecule has 0 fully saturated rings. The van der Waals surface area contributed by atoms with E-state index in [0.29, 0.717) is 11.4 Å². The molecular weight excluding hydrogens is 376 g/mol. The quantitative estimate of drug-likeness (QED) is 0.697. The number of rotatable bonds is 9. The molecule has 0 aliphatic carbocycles. The molecule has 2 aromatic rings. The SMILES string of the molecule is COc1ccc(C)cc1N(CC(=O)NC(C)CCc1ccccc1)S(C)(=O)=O. The summed E-state index contributed by atoms with van der Waals surface area (Å²) in [5, 5.41) is 2.89. The minimum atomic E-state index is -3.66. The maximum absolute atomic E-state index is 12.5. The van der Waals surface area contributed by atoms with Gasteiger partial charge in [-0.1, -0.05) is 36.4 Å². The fraction of sp³-hybridized carbons (Fsp3) is 0.381. The van der Waals surface area contributed by atoms with Crippen molar-refractivity contribution in [1.82, 2.24) is 5.32 Å². The third-order valence-corrected chi connectivity index (χ3v) is 5.53. The first-order valence-corrected chi connectivity index (χ1v) is 11.0. The first-order valence-electron chi connectivity index (χ1n) is 9.16. The molecule has 0 aromatic heterocycles. The second-order valence-electron chi connectivity index (χ2n) is 6.94. The van der Waals surface area contributed by atoms with Gasteiger partial charge in [0, 0.05) is 6.04 Å². The maximum atomic E-state index is 12.5. The van der Waals surface area contributed by atoms with E-state index in [1.807, 2.05) is 50.2 Å². The summed E-state index contributed by atoms with van der Waals surface area (Å²) in [5.74, 6) is 0.0514. The Labute approximate surface area is 167 Å². The molecule has 2 rings (SSSR count). The summed E-state index contributed by atoms with van der Waals surface area (Å²) in [6.45, 7) is 3.47. The lowest BCUT2D eigenvalue weighted by molar-refractivity contribution is -0.120. The summed E-state index contributed by atoms with van der Waals surface area (Å²) in [5.41, 5.74) is 2.43. The van der Waals surface area contributed by atoms with Crippen LogP contribution in [-0.4, -0.2) is 40.3 Å². The third kappa shape index (κ3) is 6.27. The van der Waals surface area contributed by atoms with E-state index < -0.39 is 10.0 Å². The van der Waals surface area contributed by atoms with Crippen molar-refractivity contribution in [3.05, 3.63) is 59.7 Å². The van der Waals surface area contributed by atoms with Crippen molar-refractivity contribution in [1.29, 1.82) is 0 Å². The third-order valence-electron chi connectivity index (χ3n) is 4.41. The summed E-state index contributed by atoms with van der Waals surface area (Å²) in [6.07, 6.45) is 2.69. The van der Waals surface area contributed by atoms with Crippen molar-refractivity contribution in [2.45, 2.75) is 32.7 Å². The molecule has 0 aliphatic heterocycles. The number of carbonyl (C=O) groups is 1. The number of aryl methyl sites for hydroxylation is 2. The number of anilines is 1. The molecule has 2 aromatic carbocycles. The summed E-state index contributed by atoms with van der Waals surface area (Å²) in [4.78, 5) is 12.5. The summed E-state index contributed by atoms with van der Waals surface area (Å²) >= 11 is 0. The predicted octanol–water partition coefficient (Wildman–Crippen LogP) is 2.91. The number of methoxy groups -OCH3 is 1. The van der Waals surface area contributed by atoms with Crippen molar-refractivity contribution in [3.63, 3.8) is 0 Å². The van der Waals surface area contributed by atoms with E-state index in [1.165, 1.54) is 12.7 Å². The molecule has 0 saturated heterocycles. The van der Waals surface area contributed by atoms with Gasteiger partial charge in [-0.2, -0.15) is 0 Å². The van der Waals surface area contributed by atoms with Crippen LogP contribution in [0.3, 0.4) is 0 Å². The van der Waals surface area contributed by atoms with Gasteiger partial charge in [-0.15, -0.1) is 0 Å². The molecule has 152 valence electrons. The van der Waals surface area contributed by atoms with Crippen LogP contribution in [-0.2, 0) is 21.2 Å². The van der Waals surface area contributed by atoms with Gasteiger partial charge in [0.15, 0.2) is 0 Å². The van der Waals surface area contributed by atoms with Crippen LogP contribution >= 0.6 is 0 Å². The van der Waals surface area contributed by atoms with E-state index in [9.17, 15) is 13.2 Å². The number of amides is 1. The van der Waals surface area contributed by atoms with Crippen LogP contribution < -0.4 is 14.4 Å². The molecule has 0 heterocycles. The van der Waals surface area contributed by atoms with E-state index >= 15 is 0 Å². The van der Waals surface area contributed by atoms with Crippen LogP contribution in [0.5, 0.6) is 5.75 Å². The molecule has 1 atom stereocenters. The fourth-order valence-electron chi connectivity index (χ4n) is 2.93. The molecule has 6 nitrogen and oxygen atoms in total. The average Bonchev–Trinajstić information content (AvgIpc) is 2.64. The molecule has 0 bridgehead atoms. The van der Waals surface area contributed by atoms with Crippen molar-refractivity contribution < 1.29 is 17.9 Å². The van der Waals surface area contributed by atoms with E-state index in [-0.39, 0.29) is 18.5 Å². The molecule has 1 amide bonds. The molecule has 1 unspecified atom stereocenters. The predicted molar refractivity (Wildman–Crippen MR) is 112 cm³/mol. The van der Waals surface area contributed by atoms with Crippen LogP contribution in [0.1, 0.15) is 24.5 Å². The zero-order chi connectivity index (χ0) is 20.7. The van der Waals surface area contributed by atoms with Gasteiger partial charge in [0.25, 0.3) is 0 Å². The monoisotopic (exact) mass is 404 g/mol. The molecule has 1 N–H and O–H groups in total. The number of hydrogen-bond acceptors (Lipinski definition) is 4. The highest BCUT2D eigenvalue weighted by Crippen LogP contribution is 2.30. The number of ether oxygens (including phenoxy) is 1. The average molecular weight is 405 g/mol. The molecule has 0 radical (unpaired) electrons. The Morgan fingerprint density at radius 1 is 1.18 bits per heavy atom. The van der Waals surface area contributed by atoms with Crippen molar-refractivity contribution >= 4 is 21.6 Å². The molecule has 0 saturated carbocycles. The van der Waals surface area contributed by atoms with Crippen LogP contribution in [0.15, 0.2) is 48.5 Å². The second kappa shape index (κ2) is 9.59.